The summed E-state index contributed by atoms with van der Waals surface area (Å²) in [7, 11) is 1.78. The van der Waals surface area contributed by atoms with E-state index in [0.29, 0.717) is 11.1 Å². The molecule has 0 radical (unpaired) electrons. The van der Waals surface area contributed by atoms with Gasteiger partial charge in [0.25, 0.3) is 5.56 Å². The third-order valence-corrected chi connectivity index (χ3v) is 4.63. The van der Waals surface area contributed by atoms with Crippen LogP contribution in [0.25, 0.3) is 22.1 Å². The van der Waals surface area contributed by atoms with E-state index in [4.69, 9.17) is 4.42 Å². The molecule has 0 saturated carbocycles. The van der Waals surface area contributed by atoms with Crippen LogP contribution in [0.4, 0.5) is 0 Å². The van der Waals surface area contributed by atoms with E-state index < -0.39 is 0 Å². The zero-order valence-electron chi connectivity index (χ0n) is 13.4. The molecule has 7 nitrogen and oxygen atoms in total. The van der Waals surface area contributed by atoms with Crippen molar-refractivity contribution in [1.29, 1.82) is 0 Å². The van der Waals surface area contributed by atoms with Gasteiger partial charge in [0.15, 0.2) is 0 Å². The second kappa shape index (κ2) is 5.76. The topological polar surface area (TPSA) is 80.4 Å². The normalized spacial score (nSPS) is 17.6. The van der Waals surface area contributed by atoms with Gasteiger partial charge in [0.2, 0.25) is 11.5 Å². The zero-order valence-corrected chi connectivity index (χ0v) is 13.4. The molecule has 1 aromatic carbocycles. The van der Waals surface area contributed by atoms with E-state index in [2.05, 4.69) is 10.3 Å². The third-order valence-electron chi connectivity index (χ3n) is 4.63. The van der Waals surface area contributed by atoms with E-state index in [1.54, 1.807) is 18.0 Å². The number of aromatic nitrogens is 2. The predicted octanol–water partition coefficient (Wildman–Crippen LogP) is 0.963. The number of fused-ring (bicyclic) bond motifs is 3. The molecule has 1 aliphatic heterocycles. The lowest BCUT2D eigenvalue weighted by atomic mass is 10.2. The van der Waals surface area contributed by atoms with E-state index in [9.17, 15) is 9.59 Å². The number of rotatable bonds is 3. The molecule has 7 heteroatoms. The molecule has 0 aliphatic carbocycles. The van der Waals surface area contributed by atoms with Crippen LogP contribution in [0.2, 0.25) is 0 Å². The summed E-state index contributed by atoms with van der Waals surface area (Å²) in [6.07, 6.45) is 2.35. The highest BCUT2D eigenvalue weighted by Gasteiger charge is 2.24. The Bertz CT molecular complexity index is 969. The number of benzene rings is 1. The van der Waals surface area contributed by atoms with Crippen molar-refractivity contribution in [3.05, 3.63) is 40.9 Å². The lowest BCUT2D eigenvalue weighted by molar-refractivity contribution is -0.132. The maximum atomic E-state index is 12.6. The average molecular weight is 326 g/mol. The van der Waals surface area contributed by atoms with Crippen LogP contribution in [-0.4, -0.2) is 46.5 Å². The summed E-state index contributed by atoms with van der Waals surface area (Å²) in [6.45, 7) is 1.67. The number of furan rings is 1. The Hall–Kier alpha value is -2.67. The molecule has 1 fully saturated rings. The second-order valence-electron chi connectivity index (χ2n) is 6.10. The van der Waals surface area contributed by atoms with Crippen molar-refractivity contribution in [2.45, 2.75) is 19.0 Å². The van der Waals surface area contributed by atoms with E-state index in [1.807, 2.05) is 18.2 Å². The zero-order chi connectivity index (χ0) is 16.7. The summed E-state index contributed by atoms with van der Waals surface area (Å²) in [5.74, 6) is -0.108. The minimum Gasteiger partial charge on any atom is -0.448 e. The first-order chi connectivity index (χ1) is 11.6. The third kappa shape index (κ3) is 2.37. The lowest BCUT2D eigenvalue weighted by Crippen LogP contribution is -2.41. The first-order valence-corrected chi connectivity index (χ1v) is 7.98. The molecule has 1 atom stereocenters. The first-order valence-electron chi connectivity index (χ1n) is 7.98. The minimum absolute atomic E-state index is 0.0359. The van der Waals surface area contributed by atoms with Gasteiger partial charge >= 0.3 is 0 Å². The molecule has 1 unspecified atom stereocenters. The van der Waals surface area contributed by atoms with Gasteiger partial charge in [0.05, 0.1) is 6.33 Å². The van der Waals surface area contributed by atoms with Gasteiger partial charge < -0.3 is 14.6 Å². The number of carbonyl (C=O) groups excluding carboxylic acids is 1. The molecular weight excluding hydrogens is 308 g/mol. The number of nitrogens with zero attached hydrogens (tertiary/aromatic N) is 3. The number of nitrogens with one attached hydrogen (secondary N) is 1. The molecule has 4 rings (SSSR count). The van der Waals surface area contributed by atoms with E-state index >= 15 is 0 Å². The number of hydrogen-bond acceptors (Lipinski definition) is 5. The predicted molar refractivity (Wildman–Crippen MR) is 89.8 cm³/mol. The maximum absolute atomic E-state index is 12.6. The van der Waals surface area contributed by atoms with Gasteiger partial charge in [-0.15, -0.1) is 0 Å². The SMILES string of the molecule is CN(C(=O)Cn1cnc2c(oc3ccccc32)c1=O)C1CCNC1. The van der Waals surface area contributed by atoms with Gasteiger partial charge in [0.1, 0.15) is 17.6 Å². The number of likely N-dealkylation sites (N-methyl/N-ethyl adjacent to an activating group) is 1. The summed E-state index contributed by atoms with van der Waals surface area (Å²) >= 11 is 0. The van der Waals surface area contributed by atoms with Crippen molar-refractivity contribution in [2.75, 3.05) is 20.1 Å². The number of para-hydroxylation sites is 1. The van der Waals surface area contributed by atoms with E-state index in [-0.39, 0.29) is 29.6 Å². The molecule has 3 aromatic rings. The molecule has 2 aromatic heterocycles. The van der Waals surface area contributed by atoms with Gasteiger partial charge in [-0.1, -0.05) is 12.1 Å². The van der Waals surface area contributed by atoms with Gasteiger partial charge in [-0.05, 0) is 25.1 Å². The average Bonchev–Trinajstić information content (AvgIpc) is 3.24. The lowest BCUT2D eigenvalue weighted by Gasteiger charge is -2.23. The molecular formula is C17H18N4O3. The van der Waals surface area contributed by atoms with Crippen LogP contribution in [-0.2, 0) is 11.3 Å². The first kappa shape index (κ1) is 14.9. The van der Waals surface area contributed by atoms with Crippen molar-refractivity contribution in [3.63, 3.8) is 0 Å². The quantitative estimate of drug-likeness (QED) is 0.775. The highest BCUT2D eigenvalue weighted by Crippen LogP contribution is 2.24. The molecule has 0 spiro atoms. The maximum Gasteiger partial charge on any atom is 0.297 e. The summed E-state index contributed by atoms with van der Waals surface area (Å²) in [5.41, 5.74) is 1.02. The van der Waals surface area contributed by atoms with Gasteiger partial charge in [-0.25, -0.2) is 4.98 Å². The molecule has 1 N–H and O–H groups in total. The fourth-order valence-corrected chi connectivity index (χ4v) is 3.16. The number of carbonyl (C=O) groups is 1. The van der Waals surface area contributed by atoms with Gasteiger partial charge in [-0.3, -0.25) is 14.2 Å². The van der Waals surface area contributed by atoms with Crippen molar-refractivity contribution in [3.8, 4) is 0 Å². The van der Waals surface area contributed by atoms with Crippen LogP contribution in [0, 0.1) is 0 Å². The van der Waals surface area contributed by atoms with Gasteiger partial charge in [0, 0.05) is 25.0 Å². The summed E-state index contributed by atoms with van der Waals surface area (Å²) in [4.78, 5) is 31.1. The van der Waals surface area contributed by atoms with Crippen molar-refractivity contribution < 1.29 is 9.21 Å². The highest BCUT2D eigenvalue weighted by atomic mass is 16.3. The summed E-state index contributed by atoms with van der Waals surface area (Å²) in [6, 6.07) is 7.56. The monoisotopic (exact) mass is 326 g/mol. The van der Waals surface area contributed by atoms with Crippen molar-refractivity contribution in [2.24, 2.45) is 0 Å². The van der Waals surface area contributed by atoms with Crippen LogP contribution in [0.3, 0.4) is 0 Å². The molecule has 1 amide bonds. The molecule has 0 bridgehead atoms. The number of amides is 1. The Morgan fingerprint density at radius 1 is 1.46 bits per heavy atom. The molecule has 1 saturated heterocycles. The Kier molecular flexibility index (Phi) is 3.57. The molecule has 124 valence electrons. The van der Waals surface area contributed by atoms with E-state index in [0.717, 1.165) is 24.9 Å². The largest absolute Gasteiger partial charge is 0.448 e. The van der Waals surface area contributed by atoms with Crippen molar-refractivity contribution in [1.82, 2.24) is 19.8 Å². The second-order valence-corrected chi connectivity index (χ2v) is 6.10. The van der Waals surface area contributed by atoms with Crippen LogP contribution >= 0.6 is 0 Å². The van der Waals surface area contributed by atoms with Crippen molar-refractivity contribution >= 4 is 28.0 Å². The van der Waals surface area contributed by atoms with Crippen LogP contribution < -0.4 is 10.9 Å². The molecule has 1 aliphatic rings. The van der Waals surface area contributed by atoms with Gasteiger partial charge in [-0.2, -0.15) is 0 Å². The van der Waals surface area contributed by atoms with Crippen LogP contribution in [0.1, 0.15) is 6.42 Å². The molecule has 24 heavy (non-hydrogen) atoms. The fraction of sp³-hybridized carbons (Fsp3) is 0.353. The minimum atomic E-state index is -0.331. The summed E-state index contributed by atoms with van der Waals surface area (Å²) < 4.78 is 6.95. The Balaban J connectivity index is 1.67. The highest BCUT2D eigenvalue weighted by molar-refractivity contribution is 6.01. The Morgan fingerprint density at radius 2 is 2.29 bits per heavy atom. The Labute approximate surface area is 137 Å². The smallest absolute Gasteiger partial charge is 0.297 e. The molecule has 3 heterocycles. The van der Waals surface area contributed by atoms with Crippen LogP contribution in [0.15, 0.2) is 39.8 Å². The number of hydrogen-bond donors (Lipinski definition) is 1. The standard InChI is InChI=1S/C17H18N4O3/c1-20(11-6-7-18-8-11)14(22)9-21-10-19-15-12-4-2-3-5-13(12)24-16(15)17(21)23/h2-5,10-11,18H,6-9H2,1H3. The van der Waals surface area contributed by atoms with E-state index in [1.165, 1.54) is 10.9 Å². The van der Waals surface area contributed by atoms with Crippen LogP contribution in [0.5, 0.6) is 0 Å². The fourth-order valence-electron chi connectivity index (χ4n) is 3.16. The summed E-state index contributed by atoms with van der Waals surface area (Å²) in [5, 5.41) is 4.04. The Morgan fingerprint density at radius 3 is 3.08 bits per heavy atom.